The van der Waals surface area contributed by atoms with E-state index in [1.165, 1.54) is 0 Å². The van der Waals surface area contributed by atoms with E-state index in [1.54, 1.807) is 19.2 Å². The van der Waals surface area contributed by atoms with Crippen LogP contribution in [0.4, 0.5) is 5.69 Å². The number of methoxy groups -OCH3 is 1. The van der Waals surface area contributed by atoms with Crippen LogP contribution in [0.2, 0.25) is 5.02 Å². The molecule has 0 unspecified atom stereocenters. The first-order valence-corrected chi connectivity index (χ1v) is 15.9. The first-order valence-electron chi connectivity index (χ1n) is 13.1. The molecule has 3 aromatic rings. The summed E-state index contributed by atoms with van der Waals surface area (Å²) < 4.78 is 14.3. The van der Waals surface area contributed by atoms with Gasteiger partial charge < -0.3 is 15.2 Å². The number of Topliss-reactive ketones (excluding diaryl/α,β-unsaturated/α-hetero) is 1. The van der Waals surface area contributed by atoms with Gasteiger partial charge >= 0.3 is 0 Å². The van der Waals surface area contributed by atoms with Crippen molar-refractivity contribution >= 4 is 70.9 Å². The summed E-state index contributed by atoms with van der Waals surface area (Å²) >= 11 is 16.8. The number of anilines is 1. The number of hydrogen-bond acceptors (Lipinski definition) is 6. The van der Waals surface area contributed by atoms with E-state index >= 15 is 0 Å². The van der Waals surface area contributed by atoms with E-state index in [0.717, 1.165) is 35.9 Å². The van der Waals surface area contributed by atoms with Gasteiger partial charge in [-0.25, -0.2) is 0 Å². The van der Waals surface area contributed by atoms with Gasteiger partial charge in [-0.15, -0.1) is 0 Å². The van der Waals surface area contributed by atoms with Crippen LogP contribution in [0.15, 0.2) is 90.7 Å². The Hall–Kier alpha value is -2.77. The fourth-order valence-corrected chi connectivity index (χ4v) is 8.25. The standard InChI is InChI=1S/C32H27Br3ClN3O3/c1-32(2)13-25-29(26(40)14-32)28(22(15-37)31(38)39(25)21-7-5-20(36)6-8-21)17-4-9-27(41-3)18(10-17)16-42-30-23(34)11-19(33)12-24(30)35/h4-12,28H,13-14,16,38H2,1-3H3/t28-/m1/s1. The summed E-state index contributed by atoms with van der Waals surface area (Å²) in [4.78, 5) is 15.7. The van der Waals surface area contributed by atoms with Crippen molar-refractivity contribution in [3.8, 4) is 17.6 Å². The van der Waals surface area contributed by atoms with Gasteiger partial charge in [0.1, 0.15) is 23.9 Å². The van der Waals surface area contributed by atoms with Crippen molar-refractivity contribution in [1.82, 2.24) is 0 Å². The molecule has 1 aliphatic carbocycles. The number of nitrogens with two attached hydrogens (primary N) is 1. The van der Waals surface area contributed by atoms with E-state index in [-0.39, 0.29) is 17.8 Å². The first kappa shape index (κ1) is 30.7. The second-order valence-electron chi connectivity index (χ2n) is 11.0. The minimum Gasteiger partial charge on any atom is -0.496 e. The Morgan fingerprint density at radius 2 is 1.74 bits per heavy atom. The normalized spacial score (nSPS) is 18.1. The number of nitriles is 1. The number of halogens is 4. The third-order valence-corrected chi connectivity index (χ3v) is 9.33. The lowest BCUT2D eigenvalue weighted by molar-refractivity contribution is -0.118. The van der Waals surface area contributed by atoms with Crippen LogP contribution in [0.25, 0.3) is 0 Å². The van der Waals surface area contributed by atoms with Crippen molar-refractivity contribution in [3.05, 3.63) is 107 Å². The third kappa shape index (κ3) is 5.87. The molecule has 0 aromatic heterocycles. The smallest absolute Gasteiger partial charge is 0.162 e. The highest BCUT2D eigenvalue weighted by atomic mass is 79.9. The number of ketones is 1. The molecule has 0 saturated heterocycles. The second kappa shape index (κ2) is 12.1. The van der Waals surface area contributed by atoms with E-state index in [0.29, 0.717) is 46.3 Å². The maximum absolute atomic E-state index is 13.9. The highest BCUT2D eigenvalue weighted by Gasteiger charge is 2.44. The van der Waals surface area contributed by atoms with Crippen molar-refractivity contribution in [2.75, 3.05) is 12.0 Å². The maximum atomic E-state index is 13.9. The Morgan fingerprint density at radius 1 is 1.07 bits per heavy atom. The second-order valence-corrected chi connectivity index (χ2v) is 14.1. The predicted octanol–water partition coefficient (Wildman–Crippen LogP) is 9.16. The number of benzene rings is 3. The van der Waals surface area contributed by atoms with Gasteiger partial charge in [-0.05, 0) is 97.8 Å². The van der Waals surface area contributed by atoms with Gasteiger partial charge in [0.05, 0.1) is 33.6 Å². The quantitative estimate of drug-likeness (QED) is 0.269. The summed E-state index contributed by atoms with van der Waals surface area (Å²) in [5, 5.41) is 11.0. The Kier molecular flexibility index (Phi) is 8.82. The van der Waals surface area contributed by atoms with E-state index in [9.17, 15) is 10.1 Å². The fourth-order valence-electron chi connectivity index (χ4n) is 5.63. The van der Waals surface area contributed by atoms with Gasteiger partial charge in [0, 0.05) is 38.4 Å². The Bertz CT molecular complexity index is 1670. The summed E-state index contributed by atoms with van der Waals surface area (Å²) in [6.45, 7) is 4.34. The van der Waals surface area contributed by atoms with Crippen LogP contribution < -0.4 is 20.1 Å². The van der Waals surface area contributed by atoms with Crippen molar-refractivity contribution in [2.24, 2.45) is 11.1 Å². The van der Waals surface area contributed by atoms with Crippen LogP contribution in [0.5, 0.6) is 11.5 Å². The number of carbonyl (C=O) groups excluding carboxylic acids is 1. The van der Waals surface area contributed by atoms with Crippen LogP contribution in [0.1, 0.15) is 43.7 Å². The van der Waals surface area contributed by atoms with Gasteiger partial charge in [-0.3, -0.25) is 9.69 Å². The monoisotopic (exact) mass is 773 g/mol. The third-order valence-electron chi connectivity index (χ3n) is 7.44. The summed E-state index contributed by atoms with van der Waals surface area (Å²) in [7, 11) is 1.60. The molecule has 10 heteroatoms. The highest BCUT2D eigenvalue weighted by Crippen LogP contribution is 2.50. The van der Waals surface area contributed by atoms with Crippen LogP contribution in [-0.2, 0) is 11.4 Å². The molecule has 0 amide bonds. The lowest BCUT2D eigenvalue weighted by atomic mass is 9.68. The molecule has 6 nitrogen and oxygen atoms in total. The molecule has 0 spiro atoms. The molecular weight excluding hydrogens is 750 g/mol. The Balaban J connectivity index is 1.63. The van der Waals surface area contributed by atoms with Gasteiger partial charge in [0.15, 0.2) is 5.78 Å². The van der Waals surface area contributed by atoms with Crippen molar-refractivity contribution < 1.29 is 14.3 Å². The number of ether oxygens (including phenoxy) is 2. The molecule has 0 saturated carbocycles. The molecule has 2 N–H and O–H groups in total. The lowest BCUT2D eigenvalue weighted by Crippen LogP contribution is -2.42. The lowest BCUT2D eigenvalue weighted by Gasteiger charge is -2.43. The van der Waals surface area contributed by atoms with Crippen LogP contribution in [0.3, 0.4) is 0 Å². The molecule has 5 rings (SSSR count). The Labute approximate surface area is 275 Å². The van der Waals surface area contributed by atoms with Crippen molar-refractivity contribution in [3.63, 3.8) is 0 Å². The van der Waals surface area contributed by atoms with E-state index in [4.69, 9.17) is 26.8 Å². The minimum atomic E-state index is -0.632. The van der Waals surface area contributed by atoms with E-state index < -0.39 is 5.92 Å². The van der Waals surface area contributed by atoms with Gasteiger partial charge in [-0.1, -0.05) is 47.4 Å². The van der Waals surface area contributed by atoms with E-state index in [1.807, 2.05) is 47.4 Å². The van der Waals surface area contributed by atoms with Gasteiger partial charge in [0.2, 0.25) is 0 Å². The number of allylic oxidation sites excluding steroid dienone is 3. The minimum absolute atomic E-state index is 0.00167. The molecule has 0 fully saturated rings. The predicted molar refractivity (Wildman–Crippen MR) is 175 cm³/mol. The SMILES string of the molecule is COc1ccc([C@@H]2C(C#N)=C(N)N(c3ccc(Cl)cc3)C3=C2C(=O)CC(C)(C)C3)cc1COc1c(Br)cc(Br)cc1Br. The largest absolute Gasteiger partial charge is 0.496 e. The summed E-state index contributed by atoms with van der Waals surface area (Å²) in [5.74, 6) is 0.932. The topological polar surface area (TPSA) is 88.6 Å². The van der Waals surface area contributed by atoms with E-state index in [2.05, 4.69) is 67.7 Å². The maximum Gasteiger partial charge on any atom is 0.162 e. The zero-order chi connectivity index (χ0) is 30.3. The highest BCUT2D eigenvalue weighted by molar-refractivity contribution is 9.11. The van der Waals surface area contributed by atoms with Gasteiger partial charge in [0.25, 0.3) is 0 Å². The molecule has 0 radical (unpaired) electrons. The first-order chi connectivity index (χ1) is 19.9. The molecule has 1 heterocycles. The van der Waals surface area contributed by atoms with Crippen molar-refractivity contribution in [2.45, 2.75) is 39.2 Å². The average molecular weight is 777 g/mol. The molecule has 42 heavy (non-hydrogen) atoms. The number of nitrogens with zero attached hydrogens (tertiary/aromatic N) is 2. The van der Waals surface area contributed by atoms with Crippen LogP contribution in [0, 0.1) is 16.7 Å². The summed E-state index contributed by atoms with van der Waals surface area (Å²) in [6, 6.07) is 19.0. The molecule has 3 aromatic carbocycles. The number of hydrogen-bond donors (Lipinski definition) is 1. The molecule has 1 aliphatic heterocycles. The van der Waals surface area contributed by atoms with Crippen LogP contribution in [-0.4, -0.2) is 12.9 Å². The molecule has 0 bridgehead atoms. The number of carbonyl (C=O) groups is 1. The molecule has 216 valence electrons. The summed E-state index contributed by atoms with van der Waals surface area (Å²) in [5.41, 5.74) is 10.5. The molecular formula is C32H27Br3ClN3O3. The molecule has 2 aliphatic rings. The zero-order valence-corrected chi connectivity index (χ0v) is 28.6. The van der Waals surface area contributed by atoms with Crippen molar-refractivity contribution in [1.29, 1.82) is 5.26 Å². The fraction of sp³-hybridized carbons (Fsp3) is 0.250. The Morgan fingerprint density at radius 3 is 2.36 bits per heavy atom. The summed E-state index contributed by atoms with van der Waals surface area (Å²) in [6.07, 6.45) is 0.984. The number of rotatable bonds is 6. The zero-order valence-electron chi connectivity index (χ0n) is 23.1. The molecule has 1 atom stereocenters. The van der Waals surface area contributed by atoms with Gasteiger partial charge in [-0.2, -0.15) is 5.26 Å². The van der Waals surface area contributed by atoms with Crippen LogP contribution >= 0.6 is 59.4 Å². The average Bonchev–Trinajstić information content (AvgIpc) is 2.92.